The lowest BCUT2D eigenvalue weighted by atomic mass is 9.98. The van der Waals surface area contributed by atoms with Gasteiger partial charge in [0.15, 0.2) is 0 Å². The summed E-state index contributed by atoms with van der Waals surface area (Å²) in [6.45, 7) is 1.05. The second-order valence-electron chi connectivity index (χ2n) is 3.24. The van der Waals surface area contributed by atoms with Crippen LogP contribution in [0.15, 0.2) is 29.2 Å². The quantitative estimate of drug-likeness (QED) is 0.778. The Hall–Kier alpha value is -0.610. The van der Waals surface area contributed by atoms with Crippen molar-refractivity contribution in [3.8, 4) is 0 Å². The maximum Gasteiger partial charge on any atom is 0.288 e. The number of nitrogens with one attached hydrogen (secondary N) is 1. The molecule has 0 aliphatic carbocycles. The lowest BCUT2D eigenvalue weighted by Crippen LogP contribution is -2.34. The molecule has 0 amide bonds. The number of benzene rings is 1. The van der Waals surface area contributed by atoms with Crippen LogP contribution in [0.25, 0.3) is 0 Å². The highest BCUT2D eigenvalue weighted by molar-refractivity contribution is 7.99. The van der Waals surface area contributed by atoms with Crippen LogP contribution in [0.5, 0.6) is 0 Å². The molecule has 0 radical (unpaired) electrons. The van der Waals surface area contributed by atoms with Crippen molar-refractivity contribution in [2.45, 2.75) is 23.1 Å². The van der Waals surface area contributed by atoms with Gasteiger partial charge in [-0.15, -0.1) is 0 Å². The predicted molar refractivity (Wildman–Crippen MR) is 53.7 cm³/mol. The standard InChI is InChI=1S/C10H11F2NS/c11-10(12)14-8-3-1-7(2-4-8)9-5-6-13-9/h1-4,9-10,13H,5-6H2. The van der Waals surface area contributed by atoms with Gasteiger partial charge in [-0.2, -0.15) is 8.78 Å². The molecule has 1 atom stereocenters. The smallest absolute Gasteiger partial charge is 0.288 e. The van der Waals surface area contributed by atoms with Crippen molar-refractivity contribution in [3.63, 3.8) is 0 Å². The summed E-state index contributed by atoms with van der Waals surface area (Å²) < 4.78 is 24.0. The minimum atomic E-state index is -2.33. The molecule has 1 heterocycles. The Morgan fingerprint density at radius 1 is 1.29 bits per heavy atom. The summed E-state index contributed by atoms with van der Waals surface area (Å²) in [4.78, 5) is 0.628. The molecule has 1 aliphatic rings. The molecule has 14 heavy (non-hydrogen) atoms. The zero-order valence-corrected chi connectivity index (χ0v) is 8.36. The van der Waals surface area contributed by atoms with Crippen LogP contribution in [0.3, 0.4) is 0 Å². The molecule has 0 spiro atoms. The Bertz CT molecular complexity index is 295. The van der Waals surface area contributed by atoms with Gasteiger partial charge in [0.25, 0.3) is 5.76 Å². The van der Waals surface area contributed by atoms with E-state index in [1.165, 1.54) is 5.56 Å². The van der Waals surface area contributed by atoms with Crippen LogP contribution in [0.1, 0.15) is 18.0 Å². The molecule has 4 heteroatoms. The molecule has 1 aromatic carbocycles. The van der Waals surface area contributed by atoms with Crippen LogP contribution in [-0.4, -0.2) is 12.3 Å². The normalized spacial score (nSPS) is 20.9. The van der Waals surface area contributed by atoms with Crippen LogP contribution in [-0.2, 0) is 0 Å². The molecule has 1 unspecified atom stereocenters. The fourth-order valence-corrected chi connectivity index (χ4v) is 1.95. The first-order valence-corrected chi connectivity index (χ1v) is 5.42. The lowest BCUT2D eigenvalue weighted by Gasteiger charge is -2.28. The summed E-state index contributed by atoms with van der Waals surface area (Å²) in [6.07, 6.45) is 1.14. The van der Waals surface area contributed by atoms with Gasteiger partial charge < -0.3 is 5.32 Å². The van der Waals surface area contributed by atoms with E-state index in [2.05, 4.69) is 5.32 Å². The van der Waals surface area contributed by atoms with E-state index in [1.54, 1.807) is 12.1 Å². The molecule has 1 N–H and O–H groups in total. The van der Waals surface area contributed by atoms with Crippen LogP contribution in [0.4, 0.5) is 8.78 Å². The molecule has 0 saturated carbocycles. The Balaban J connectivity index is 2.02. The molecule has 1 saturated heterocycles. The van der Waals surface area contributed by atoms with Gasteiger partial charge in [-0.05, 0) is 30.7 Å². The highest BCUT2D eigenvalue weighted by Gasteiger charge is 2.17. The van der Waals surface area contributed by atoms with Crippen LogP contribution in [0.2, 0.25) is 0 Å². The molecular weight excluding hydrogens is 204 g/mol. The Morgan fingerprint density at radius 2 is 1.93 bits per heavy atom. The van der Waals surface area contributed by atoms with Gasteiger partial charge in [0, 0.05) is 10.9 Å². The monoisotopic (exact) mass is 215 g/mol. The molecule has 1 fully saturated rings. The summed E-state index contributed by atoms with van der Waals surface area (Å²) in [5.74, 6) is -2.33. The molecule has 0 bridgehead atoms. The Morgan fingerprint density at radius 3 is 2.36 bits per heavy atom. The van der Waals surface area contributed by atoms with Crippen molar-refractivity contribution in [1.82, 2.24) is 5.32 Å². The third-order valence-corrected chi connectivity index (χ3v) is 3.05. The number of hydrogen-bond donors (Lipinski definition) is 1. The molecular formula is C10H11F2NS. The first kappa shape index (κ1) is 9.93. The van der Waals surface area contributed by atoms with Crippen molar-refractivity contribution in [1.29, 1.82) is 0 Å². The average Bonchev–Trinajstić information content (AvgIpc) is 2.04. The minimum absolute atomic E-state index is 0.431. The van der Waals surface area contributed by atoms with E-state index in [4.69, 9.17) is 0 Å². The number of hydrogen-bond acceptors (Lipinski definition) is 2. The SMILES string of the molecule is FC(F)Sc1ccc(C2CCN2)cc1. The summed E-state index contributed by atoms with van der Waals surface area (Å²) in [5.41, 5.74) is 1.19. The fraction of sp³-hybridized carbons (Fsp3) is 0.400. The maximum atomic E-state index is 12.0. The van der Waals surface area contributed by atoms with E-state index in [0.29, 0.717) is 22.7 Å². The van der Waals surface area contributed by atoms with Gasteiger partial charge in [-0.1, -0.05) is 23.9 Å². The number of alkyl halides is 2. The van der Waals surface area contributed by atoms with Crippen molar-refractivity contribution < 1.29 is 8.78 Å². The number of thioether (sulfide) groups is 1. The first-order chi connectivity index (χ1) is 6.75. The predicted octanol–water partition coefficient (Wildman–Crippen LogP) is 3.04. The summed E-state index contributed by atoms with van der Waals surface area (Å²) in [5, 5.41) is 3.27. The van der Waals surface area contributed by atoms with E-state index in [9.17, 15) is 8.78 Å². The first-order valence-electron chi connectivity index (χ1n) is 4.54. The lowest BCUT2D eigenvalue weighted by molar-refractivity contribution is 0.252. The van der Waals surface area contributed by atoms with Crippen molar-refractivity contribution >= 4 is 11.8 Å². The third-order valence-electron chi connectivity index (χ3n) is 2.33. The van der Waals surface area contributed by atoms with Gasteiger partial charge in [-0.25, -0.2) is 0 Å². The van der Waals surface area contributed by atoms with Gasteiger partial charge in [-0.3, -0.25) is 0 Å². The topological polar surface area (TPSA) is 12.0 Å². The van der Waals surface area contributed by atoms with Crippen molar-refractivity contribution in [3.05, 3.63) is 29.8 Å². The van der Waals surface area contributed by atoms with Gasteiger partial charge in [0.05, 0.1) is 0 Å². The molecule has 76 valence electrons. The van der Waals surface area contributed by atoms with Crippen molar-refractivity contribution in [2.75, 3.05) is 6.54 Å². The second kappa shape index (κ2) is 4.28. The molecule has 0 aromatic heterocycles. The largest absolute Gasteiger partial charge is 0.310 e. The Labute approximate surface area is 85.9 Å². The fourth-order valence-electron chi connectivity index (χ4n) is 1.45. The van der Waals surface area contributed by atoms with Gasteiger partial charge in [0.2, 0.25) is 0 Å². The van der Waals surface area contributed by atoms with E-state index >= 15 is 0 Å². The second-order valence-corrected chi connectivity index (χ2v) is 4.31. The summed E-state index contributed by atoms with van der Waals surface area (Å²) in [7, 11) is 0. The van der Waals surface area contributed by atoms with Gasteiger partial charge in [0.1, 0.15) is 0 Å². The van der Waals surface area contributed by atoms with E-state index < -0.39 is 5.76 Å². The van der Waals surface area contributed by atoms with Crippen molar-refractivity contribution in [2.24, 2.45) is 0 Å². The van der Waals surface area contributed by atoms with E-state index in [-0.39, 0.29) is 0 Å². The number of rotatable bonds is 3. The zero-order valence-electron chi connectivity index (χ0n) is 7.54. The average molecular weight is 215 g/mol. The molecule has 2 rings (SSSR count). The molecule has 1 aromatic rings. The highest BCUT2D eigenvalue weighted by Crippen LogP contribution is 2.28. The Kier molecular flexibility index (Phi) is 3.03. The number of halogens is 2. The minimum Gasteiger partial charge on any atom is -0.310 e. The van der Waals surface area contributed by atoms with E-state index in [1.807, 2.05) is 12.1 Å². The zero-order chi connectivity index (χ0) is 9.97. The molecule has 1 nitrogen and oxygen atoms in total. The van der Waals surface area contributed by atoms with Crippen LogP contribution >= 0.6 is 11.8 Å². The maximum absolute atomic E-state index is 12.0. The summed E-state index contributed by atoms with van der Waals surface area (Å²) in [6, 6.07) is 7.78. The summed E-state index contributed by atoms with van der Waals surface area (Å²) >= 11 is 0.591. The van der Waals surface area contributed by atoms with E-state index in [0.717, 1.165) is 13.0 Å². The molecule has 1 aliphatic heterocycles. The van der Waals surface area contributed by atoms with Gasteiger partial charge >= 0.3 is 0 Å². The van der Waals surface area contributed by atoms with Crippen LogP contribution in [0, 0.1) is 0 Å². The third kappa shape index (κ3) is 2.25. The highest BCUT2D eigenvalue weighted by atomic mass is 32.2. The van der Waals surface area contributed by atoms with Crippen LogP contribution < -0.4 is 5.32 Å².